The maximum Gasteiger partial charge on any atom is 0.291 e. The van der Waals surface area contributed by atoms with Crippen LogP contribution in [0, 0.1) is 16.7 Å². The second kappa shape index (κ2) is 4.22. The van der Waals surface area contributed by atoms with Gasteiger partial charge in [-0.15, -0.1) is 0 Å². The van der Waals surface area contributed by atoms with Crippen molar-refractivity contribution in [3.63, 3.8) is 0 Å². The molecular weight excluding hydrogens is 312 g/mol. The van der Waals surface area contributed by atoms with Gasteiger partial charge in [0.15, 0.2) is 5.78 Å². The molecule has 120 valence electrons. The summed E-state index contributed by atoms with van der Waals surface area (Å²) in [6.45, 7) is 3.89. The Bertz CT molecular complexity index is 887. The van der Waals surface area contributed by atoms with Crippen LogP contribution in [0.15, 0.2) is 34.7 Å². The Labute approximate surface area is 135 Å². The first kappa shape index (κ1) is 14.8. The van der Waals surface area contributed by atoms with Gasteiger partial charge in [0, 0.05) is 5.57 Å². The van der Waals surface area contributed by atoms with Gasteiger partial charge in [-0.25, -0.2) is 0 Å². The second-order valence-electron chi connectivity index (χ2n) is 7.30. The van der Waals surface area contributed by atoms with Crippen molar-refractivity contribution in [1.29, 1.82) is 0 Å². The predicted octanol–water partition coefficient (Wildman–Crippen LogP) is 3.32. The number of carbonyl (C=O) groups excluding carboxylic acids is 1. The van der Waals surface area contributed by atoms with Gasteiger partial charge in [-0.05, 0) is 47.5 Å². The van der Waals surface area contributed by atoms with E-state index in [4.69, 9.17) is 0 Å². The number of hydrogen-bond donors (Lipinski definition) is 1. The largest absolute Gasteiger partial charge is 0.293 e. The Morgan fingerprint density at radius 2 is 1.65 bits per heavy atom. The smallest absolute Gasteiger partial charge is 0.291 e. The highest BCUT2D eigenvalue weighted by molar-refractivity contribution is 7.90. The molecule has 1 aromatic rings. The maximum atomic E-state index is 13.2. The molecule has 4 aliphatic carbocycles. The molecule has 2 saturated carbocycles. The van der Waals surface area contributed by atoms with Crippen LogP contribution in [0.1, 0.15) is 37.8 Å². The molecule has 0 aromatic heterocycles. The van der Waals surface area contributed by atoms with Crippen molar-refractivity contribution >= 4 is 28.1 Å². The molecule has 5 bridgehead atoms. The Hall–Kier alpha value is -1.72. The van der Waals surface area contributed by atoms with Gasteiger partial charge >= 0.3 is 0 Å². The van der Waals surface area contributed by atoms with Gasteiger partial charge in [0.25, 0.3) is 10.1 Å². The molecule has 4 nitrogen and oxygen atoms in total. The summed E-state index contributed by atoms with van der Waals surface area (Å²) in [5.74, 6) is -0.137. The second-order valence-corrected chi connectivity index (χ2v) is 8.69. The fourth-order valence-corrected chi connectivity index (χ4v) is 6.04. The molecule has 2 fully saturated rings. The molecule has 1 aromatic carbocycles. The molecular formula is C18H18O4S. The molecule has 4 aliphatic rings. The van der Waals surface area contributed by atoms with Crippen molar-refractivity contribution in [2.24, 2.45) is 16.7 Å². The summed E-state index contributed by atoms with van der Waals surface area (Å²) in [4.78, 5) is 13.1. The Kier molecular flexibility index (Phi) is 2.72. The van der Waals surface area contributed by atoms with Gasteiger partial charge in [-0.2, -0.15) is 8.42 Å². The van der Waals surface area contributed by atoms with Crippen LogP contribution in [0.3, 0.4) is 0 Å². The Morgan fingerprint density at radius 1 is 1.09 bits per heavy atom. The van der Waals surface area contributed by atoms with E-state index in [1.165, 1.54) is 6.08 Å². The molecule has 5 rings (SSSR count). The quantitative estimate of drug-likeness (QED) is 0.802. The van der Waals surface area contributed by atoms with E-state index in [2.05, 4.69) is 0 Å². The normalized spacial score (nSPS) is 35.6. The van der Waals surface area contributed by atoms with Gasteiger partial charge < -0.3 is 0 Å². The fourth-order valence-electron chi connectivity index (χ4n) is 4.85. The third-order valence-corrected chi connectivity index (χ3v) is 7.08. The molecule has 2 atom stereocenters. The minimum atomic E-state index is -4.48. The number of carbonyl (C=O) groups is 1. The van der Waals surface area contributed by atoms with E-state index in [-0.39, 0.29) is 16.6 Å². The number of rotatable bonds is 1. The third-order valence-electron chi connectivity index (χ3n) is 6.06. The first-order valence-corrected chi connectivity index (χ1v) is 9.18. The molecule has 0 amide bonds. The number of hydrogen-bond acceptors (Lipinski definition) is 3. The SMILES string of the molecule is CC1(C)C2CCC13C(=O)/C2=C\c1ccc(cc1)/C=C\3S(=O)(=O)O. The topological polar surface area (TPSA) is 71.4 Å². The van der Waals surface area contributed by atoms with Crippen LogP contribution >= 0.6 is 0 Å². The van der Waals surface area contributed by atoms with E-state index in [0.717, 1.165) is 12.0 Å². The number of Topliss-reactive ketones (excluding diaryl/α,β-unsaturated/α-hetero) is 1. The van der Waals surface area contributed by atoms with Gasteiger partial charge in [0.05, 0.1) is 10.3 Å². The first-order chi connectivity index (χ1) is 10.7. The average molecular weight is 330 g/mol. The van der Waals surface area contributed by atoms with Gasteiger partial charge in [0.2, 0.25) is 0 Å². The molecule has 0 saturated heterocycles. The van der Waals surface area contributed by atoms with Crippen LogP contribution in [0.25, 0.3) is 12.2 Å². The van der Waals surface area contributed by atoms with Gasteiger partial charge in [0.1, 0.15) is 0 Å². The molecule has 1 spiro atoms. The van der Waals surface area contributed by atoms with Crippen molar-refractivity contribution in [2.75, 3.05) is 0 Å². The highest BCUT2D eigenvalue weighted by Gasteiger charge is 2.69. The van der Waals surface area contributed by atoms with Crippen molar-refractivity contribution < 1.29 is 17.8 Å². The van der Waals surface area contributed by atoms with Crippen molar-refractivity contribution in [2.45, 2.75) is 26.7 Å². The summed E-state index contributed by atoms with van der Waals surface area (Å²) in [7, 11) is -4.48. The molecule has 5 heteroatoms. The maximum absolute atomic E-state index is 13.2. The Morgan fingerprint density at radius 3 is 2.22 bits per heavy atom. The highest BCUT2D eigenvalue weighted by atomic mass is 32.2. The lowest BCUT2D eigenvalue weighted by molar-refractivity contribution is -0.123. The van der Waals surface area contributed by atoms with E-state index >= 15 is 0 Å². The minimum Gasteiger partial charge on any atom is -0.293 e. The van der Waals surface area contributed by atoms with Crippen LogP contribution in [-0.2, 0) is 14.9 Å². The lowest BCUT2D eigenvalue weighted by Gasteiger charge is -2.36. The van der Waals surface area contributed by atoms with Crippen LogP contribution in [0.5, 0.6) is 0 Å². The summed E-state index contributed by atoms with van der Waals surface area (Å²) in [5.41, 5.74) is 0.600. The standard InChI is InChI=1S/C18H18O4S/c1-17(2)14-7-8-18(17)15(23(20,21)22)10-12-5-3-11(4-6-12)9-13(14)16(18)19/h3-6,9-10,14H,7-8H2,1-2H3,(H,20,21,22)/b13-9-,15-10+. The summed E-state index contributed by atoms with van der Waals surface area (Å²) < 4.78 is 34.3. The highest BCUT2D eigenvalue weighted by Crippen LogP contribution is 2.69. The monoisotopic (exact) mass is 330 g/mol. The van der Waals surface area contributed by atoms with Crippen LogP contribution < -0.4 is 0 Å². The average Bonchev–Trinajstić information content (AvgIpc) is 2.78. The van der Waals surface area contributed by atoms with Crippen LogP contribution in [0.4, 0.5) is 0 Å². The van der Waals surface area contributed by atoms with E-state index in [0.29, 0.717) is 17.6 Å². The lowest BCUT2D eigenvalue weighted by atomic mass is 9.68. The Balaban J connectivity index is 2.16. The van der Waals surface area contributed by atoms with Crippen molar-refractivity contribution in [1.82, 2.24) is 0 Å². The summed E-state index contributed by atoms with van der Waals surface area (Å²) in [5, 5.41) is 0. The van der Waals surface area contributed by atoms with Crippen LogP contribution in [-0.4, -0.2) is 18.8 Å². The first-order valence-electron chi connectivity index (χ1n) is 7.74. The fraction of sp³-hybridized carbons (Fsp3) is 0.389. The summed E-state index contributed by atoms with van der Waals surface area (Å²) in [6.07, 6.45) is 4.57. The summed E-state index contributed by atoms with van der Waals surface area (Å²) in [6, 6.07) is 7.35. The van der Waals surface area contributed by atoms with Crippen LogP contribution in [0.2, 0.25) is 0 Å². The number of ketones is 1. The molecule has 0 heterocycles. The third kappa shape index (κ3) is 1.69. The van der Waals surface area contributed by atoms with Crippen molar-refractivity contribution in [3.8, 4) is 0 Å². The van der Waals surface area contributed by atoms with Gasteiger partial charge in [-0.1, -0.05) is 38.1 Å². The molecule has 2 unspecified atom stereocenters. The van der Waals surface area contributed by atoms with Crippen molar-refractivity contribution in [3.05, 3.63) is 45.9 Å². The predicted molar refractivity (Wildman–Crippen MR) is 87.9 cm³/mol. The lowest BCUT2D eigenvalue weighted by Crippen LogP contribution is -2.40. The van der Waals surface area contributed by atoms with E-state index in [1.807, 2.05) is 44.2 Å². The zero-order valence-electron chi connectivity index (χ0n) is 13.0. The van der Waals surface area contributed by atoms with E-state index in [9.17, 15) is 17.8 Å². The van der Waals surface area contributed by atoms with Gasteiger partial charge in [-0.3, -0.25) is 9.35 Å². The molecule has 0 radical (unpaired) electrons. The van der Waals surface area contributed by atoms with E-state index < -0.39 is 20.9 Å². The molecule has 0 aliphatic heterocycles. The minimum absolute atomic E-state index is 0.0107. The zero-order valence-corrected chi connectivity index (χ0v) is 13.9. The number of fused-ring (bicyclic) bond motifs is 3. The summed E-state index contributed by atoms with van der Waals surface area (Å²) >= 11 is 0. The molecule has 1 N–H and O–H groups in total. The molecule has 23 heavy (non-hydrogen) atoms. The number of benzene rings is 1. The zero-order chi connectivity index (χ0) is 16.6. The number of allylic oxidation sites excluding steroid dienone is 2. The van der Waals surface area contributed by atoms with E-state index in [1.54, 1.807) is 0 Å².